The van der Waals surface area contributed by atoms with Crippen LogP contribution < -0.4 is 5.73 Å². The van der Waals surface area contributed by atoms with Gasteiger partial charge in [0, 0.05) is 18.4 Å². The van der Waals surface area contributed by atoms with Crippen LogP contribution in [0.1, 0.15) is 32.6 Å². The molecular formula is C9H17NO2. The van der Waals surface area contributed by atoms with E-state index in [0.717, 1.165) is 38.9 Å². The van der Waals surface area contributed by atoms with Gasteiger partial charge in [-0.3, -0.25) is 0 Å². The summed E-state index contributed by atoms with van der Waals surface area (Å²) in [6.45, 7) is 3.55. The molecule has 1 aliphatic heterocycles. The zero-order valence-electron chi connectivity index (χ0n) is 7.64. The minimum absolute atomic E-state index is 0.0947. The lowest BCUT2D eigenvalue weighted by Gasteiger charge is -2.40. The Bertz CT molecular complexity index is 173. The van der Waals surface area contributed by atoms with Gasteiger partial charge in [-0.05, 0) is 19.8 Å². The molecule has 1 heterocycles. The van der Waals surface area contributed by atoms with Gasteiger partial charge in [0.25, 0.3) is 0 Å². The Morgan fingerprint density at radius 1 is 1.17 bits per heavy atom. The zero-order chi connectivity index (χ0) is 8.66. The molecule has 0 bridgehead atoms. The molecule has 1 atom stereocenters. The van der Waals surface area contributed by atoms with Gasteiger partial charge in [-0.25, -0.2) is 0 Å². The maximum Gasteiger partial charge on any atom is 0.170 e. The van der Waals surface area contributed by atoms with E-state index in [9.17, 15) is 0 Å². The highest BCUT2D eigenvalue weighted by Crippen LogP contribution is 2.39. The summed E-state index contributed by atoms with van der Waals surface area (Å²) in [5.41, 5.74) is 5.98. The molecule has 1 spiro atoms. The second-order valence-electron chi connectivity index (χ2n) is 4.29. The molecule has 1 saturated heterocycles. The van der Waals surface area contributed by atoms with Crippen molar-refractivity contribution in [2.75, 3.05) is 13.2 Å². The van der Waals surface area contributed by atoms with Crippen molar-refractivity contribution in [1.29, 1.82) is 0 Å². The van der Waals surface area contributed by atoms with Crippen LogP contribution in [0.4, 0.5) is 0 Å². The summed E-state index contributed by atoms with van der Waals surface area (Å²) < 4.78 is 11.2. The smallest absolute Gasteiger partial charge is 0.170 e. The van der Waals surface area contributed by atoms with Crippen molar-refractivity contribution in [3.05, 3.63) is 0 Å². The summed E-state index contributed by atoms with van der Waals surface area (Å²) in [6.07, 6.45) is 4.06. The fraction of sp³-hybridized carbons (Fsp3) is 1.00. The van der Waals surface area contributed by atoms with Gasteiger partial charge in [0.2, 0.25) is 0 Å². The van der Waals surface area contributed by atoms with Crippen molar-refractivity contribution in [1.82, 2.24) is 0 Å². The monoisotopic (exact) mass is 171 g/mol. The lowest BCUT2D eigenvalue weighted by molar-refractivity contribution is -0.188. The van der Waals surface area contributed by atoms with Gasteiger partial charge in [-0.15, -0.1) is 0 Å². The van der Waals surface area contributed by atoms with Crippen LogP contribution in [-0.2, 0) is 9.47 Å². The van der Waals surface area contributed by atoms with Crippen molar-refractivity contribution < 1.29 is 9.47 Å². The van der Waals surface area contributed by atoms with Crippen molar-refractivity contribution in [2.45, 2.75) is 43.9 Å². The van der Waals surface area contributed by atoms with Crippen LogP contribution in [0.3, 0.4) is 0 Å². The van der Waals surface area contributed by atoms with Crippen molar-refractivity contribution in [2.24, 2.45) is 5.73 Å². The Kier molecular flexibility index (Phi) is 1.90. The second-order valence-corrected chi connectivity index (χ2v) is 4.29. The van der Waals surface area contributed by atoms with Crippen molar-refractivity contribution in [3.8, 4) is 0 Å². The maximum atomic E-state index is 6.07. The van der Waals surface area contributed by atoms with Crippen LogP contribution in [0.15, 0.2) is 0 Å². The largest absolute Gasteiger partial charge is 0.347 e. The quantitative estimate of drug-likeness (QED) is 0.592. The van der Waals surface area contributed by atoms with E-state index in [2.05, 4.69) is 6.92 Å². The summed E-state index contributed by atoms with van der Waals surface area (Å²) in [7, 11) is 0. The molecule has 0 aromatic heterocycles. The third-order valence-corrected chi connectivity index (χ3v) is 2.79. The molecule has 2 fully saturated rings. The van der Waals surface area contributed by atoms with Crippen LogP contribution in [0.25, 0.3) is 0 Å². The minimum Gasteiger partial charge on any atom is -0.347 e. The molecule has 70 valence electrons. The average molecular weight is 171 g/mol. The number of hydrogen-bond donors (Lipinski definition) is 1. The SMILES string of the molecule is CC1(N)CCCC2(C1)OCCO2. The van der Waals surface area contributed by atoms with Crippen LogP contribution in [0.2, 0.25) is 0 Å². The van der Waals surface area contributed by atoms with Crippen LogP contribution in [-0.4, -0.2) is 24.5 Å². The Morgan fingerprint density at radius 2 is 1.83 bits per heavy atom. The Morgan fingerprint density at radius 3 is 2.42 bits per heavy atom. The van der Waals surface area contributed by atoms with Gasteiger partial charge in [0.15, 0.2) is 5.79 Å². The molecular weight excluding hydrogens is 154 g/mol. The predicted molar refractivity (Wildman–Crippen MR) is 45.7 cm³/mol. The molecule has 0 radical (unpaired) electrons. The normalized spacial score (nSPS) is 40.5. The first-order valence-electron chi connectivity index (χ1n) is 4.69. The first kappa shape index (κ1) is 8.48. The van der Waals surface area contributed by atoms with E-state index in [1.54, 1.807) is 0 Å². The standard InChI is InChI=1S/C9H17NO2/c1-8(10)3-2-4-9(7-8)11-5-6-12-9/h2-7,10H2,1H3. The molecule has 0 aromatic carbocycles. The molecule has 3 heteroatoms. The second kappa shape index (κ2) is 2.69. The van der Waals surface area contributed by atoms with E-state index >= 15 is 0 Å². The van der Waals surface area contributed by atoms with E-state index in [0.29, 0.717) is 0 Å². The highest BCUT2D eigenvalue weighted by atomic mass is 16.7. The van der Waals surface area contributed by atoms with Crippen molar-refractivity contribution >= 4 is 0 Å². The molecule has 2 aliphatic rings. The van der Waals surface area contributed by atoms with Crippen LogP contribution >= 0.6 is 0 Å². The highest BCUT2D eigenvalue weighted by Gasteiger charge is 2.44. The van der Waals surface area contributed by atoms with E-state index in [-0.39, 0.29) is 11.3 Å². The average Bonchev–Trinajstić information content (AvgIpc) is 2.34. The maximum absolute atomic E-state index is 6.07. The zero-order valence-corrected chi connectivity index (χ0v) is 7.64. The first-order chi connectivity index (χ1) is 5.62. The third kappa shape index (κ3) is 1.49. The topological polar surface area (TPSA) is 44.5 Å². The molecule has 1 unspecified atom stereocenters. The van der Waals surface area contributed by atoms with E-state index < -0.39 is 0 Å². The van der Waals surface area contributed by atoms with Gasteiger partial charge < -0.3 is 15.2 Å². The number of rotatable bonds is 0. The molecule has 1 aliphatic carbocycles. The predicted octanol–water partition coefficient (Wildman–Crippen LogP) is 1.02. The summed E-state index contributed by atoms with van der Waals surface area (Å²) in [5, 5.41) is 0. The molecule has 0 amide bonds. The Hall–Kier alpha value is -0.120. The molecule has 2 rings (SSSR count). The molecule has 1 saturated carbocycles. The summed E-state index contributed by atoms with van der Waals surface area (Å²) in [5.74, 6) is -0.318. The minimum atomic E-state index is -0.318. The summed E-state index contributed by atoms with van der Waals surface area (Å²) in [4.78, 5) is 0. The molecule has 3 nitrogen and oxygen atoms in total. The Balaban J connectivity index is 2.07. The summed E-state index contributed by atoms with van der Waals surface area (Å²) >= 11 is 0. The van der Waals surface area contributed by atoms with Gasteiger partial charge in [-0.2, -0.15) is 0 Å². The first-order valence-corrected chi connectivity index (χ1v) is 4.69. The third-order valence-electron chi connectivity index (χ3n) is 2.79. The fourth-order valence-electron chi connectivity index (χ4n) is 2.30. The lowest BCUT2D eigenvalue weighted by atomic mass is 9.80. The van der Waals surface area contributed by atoms with E-state index in [1.165, 1.54) is 0 Å². The van der Waals surface area contributed by atoms with Crippen LogP contribution in [0, 0.1) is 0 Å². The molecule has 0 aromatic rings. The fourth-order valence-corrected chi connectivity index (χ4v) is 2.30. The highest BCUT2D eigenvalue weighted by molar-refractivity contribution is 4.93. The number of nitrogens with two attached hydrogens (primary N) is 1. The number of ether oxygens (including phenoxy) is 2. The van der Waals surface area contributed by atoms with Crippen LogP contribution in [0.5, 0.6) is 0 Å². The van der Waals surface area contributed by atoms with Gasteiger partial charge in [-0.1, -0.05) is 0 Å². The number of hydrogen-bond acceptors (Lipinski definition) is 3. The van der Waals surface area contributed by atoms with Gasteiger partial charge >= 0.3 is 0 Å². The Labute approximate surface area is 73.2 Å². The van der Waals surface area contributed by atoms with Gasteiger partial charge in [0.05, 0.1) is 13.2 Å². The van der Waals surface area contributed by atoms with Crippen molar-refractivity contribution in [3.63, 3.8) is 0 Å². The van der Waals surface area contributed by atoms with Gasteiger partial charge in [0.1, 0.15) is 0 Å². The molecule has 2 N–H and O–H groups in total. The molecule has 12 heavy (non-hydrogen) atoms. The van der Waals surface area contributed by atoms with E-state index in [1.807, 2.05) is 0 Å². The summed E-state index contributed by atoms with van der Waals surface area (Å²) in [6, 6.07) is 0. The van der Waals surface area contributed by atoms with E-state index in [4.69, 9.17) is 15.2 Å². The lowest BCUT2D eigenvalue weighted by Crippen LogP contribution is -2.49.